The summed E-state index contributed by atoms with van der Waals surface area (Å²) in [6, 6.07) is 9.91. The van der Waals surface area contributed by atoms with Crippen molar-refractivity contribution in [1.82, 2.24) is 9.80 Å². The Morgan fingerprint density at radius 2 is 1.71 bits per heavy atom. The number of benzene rings is 1. The van der Waals surface area contributed by atoms with E-state index >= 15 is 0 Å². The van der Waals surface area contributed by atoms with Crippen molar-refractivity contribution >= 4 is 17.3 Å². The van der Waals surface area contributed by atoms with Crippen LogP contribution in [0.5, 0.6) is 0 Å². The van der Waals surface area contributed by atoms with Crippen LogP contribution in [-0.2, 0) is 0 Å². The third-order valence-corrected chi connectivity index (χ3v) is 5.83. The molecule has 0 aromatic heterocycles. The molecule has 0 bridgehead atoms. The summed E-state index contributed by atoms with van der Waals surface area (Å²) in [5, 5.41) is 0.882. The van der Waals surface area contributed by atoms with Gasteiger partial charge < -0.3 is 4.90 Å². The first-order valence-corrected chi connectivity index (χ1v) is 8.66. The number of piperazine rings is 1. The number of rotatable bonds is 2. The van der Waals surface area contributed by atoms with Crippen LogP contribution in [0.15, 0.2) is 24.3 Å². The Kier molecular flexibility index (Phi) is 3.82. The fraction of sp³-hybridized carbons (Fsp3) is 0.647. The van der Waals surface area contributed by atoms with Gasteiger partial charge in [0.05, 0.1) is 10.7 Å². The predicted molar refractivity (Wildman–Crippen MR) is 88.2 cm³/mol. The van der Waals surface area contributed by atoms with E-state index in [0.717, 1.165) is 30.2 Å². The Labute approximate surface area is 132 Å². The van der Waals surface area contributed by atoms with E-state index in [0.29, 0.717) is 0 Å². The highest BCUT2D eigenvalue weighted by Gasteiger charge is 2.38. The van der Waals surface area contributed by atoms with E-state index in [1.165, 1.54) is 51.1 Å². The highest BCUT2D eigenvalue weighted by molar-refractivity contribution is 6.33. The molecule has 0 spiro atoms. The number of para-hydroxylation sites is 1. The first-order chi connectivity index (χ1) is 10.3. The smallest absolute Gasteiger partial charge is 0.0639 e. The Hall–Kier alpha value is -0.770. The fourth-order valence-corrected chi connectivity index (χ4v) is 4.62. The summed E-state index contributed by atoms with van der Waals surface area (Å²) in [6.45, 7) is 7.19. The van der Waals surface area contributed by atoms with Crippen LogP contribution in [-0.4, -0.2) is 61.2 Å². The van der Waals surface area contributed by atoms with Crippen molar-refractivity contribution in [2.75, 3.05) is 44.2 Å². The van der Waals surface area contributed by atoms with Crippen molar-refractivity contribution in [3.63, 3.8) is 0 Å². The van der Waals surface area contributed by atoms with Gasteiger partial charge in [-0.05, 0) is 37.9 Å². The van der Waals surface area contributed by atoms with Gasteiger partial charge in [0.1, 0.15) is 0 Å². The molecular weight excluding hydrogens is 282 g/mol. The van der Waals surface area contributed by atoms with Gasteiger partial charge in [0, 0.05) is 44.8 Å². The van der Waals surface area contributed by atoms with Crippen molar-refractivity contribution < 1.29 is 0 Å². The number of fused-ring (bicyclic) bond motifs is 1. The minimum absolute atomic E-state index is 0.795. The van der Waals surface area contributed by atoms with Crippen LogP contribution in [0.4, 0.5) is 5.69 Å². The van der Waals surface area contributed by atoms with Gasteiger partial charge in [0.15, 0.2) is 0 Å². The van der Waals surface area contributed by atoms with Crippen molar-refractivity contribution in [2.24, 2.45) is 0 Å². The van der Waals surface area contributed by atoms with E-state index in [1.54, 1.807) is 0 Å². The number of anilines is 1. The lowest BCUT2D eigenvalue weighted by molar-refractivity contribution is 0.183. The second-order valence-electron chi connectivity index (χ2n) is 6.65. The van der Waals surface area contributed by atoms with Crippen LogP contribution in [0.25, 0.3) is 0 Å². The Bertz CT molecular complexity index is 487. The molecule has 1 aromatic carbocycles. The minimum Gasteiger partial charge on any atom is -0.368 e. The molecule has 3 heterocycles. The summed E-state index contributed by atoms with van der Waals surface area (Å²) in [6.07, 6.45) is 4.24. The molecule has 0 amide bonds. The molecular formula is C17H24ClN3. The maximum absolute atomic E-state index is 6.32. The molecule has 3 fully saturated rings. The molecule has 3 nitrogen and oxygen atoms in total. The summed E-state index contributed by atoms with van der Waals surface area (Å²) in [4.78, 5) is 7.87. The first kappa shape index (κ1) is 13.9. The third kappa shape index (κ3) is 2.67. The molecule has 0 saturated carbocycles. The Morgan fingerprint density at radius 1 is 0.905 bits per heavy atom. The van der Waals surface area contributed by atoms with E-state index in [2.05, 4.69) is 26.8 Å². The molecule has 3 saturated heterocycles. The zero-order valence-electron chi connectivity index (χ0n) is 12.5. The SMILES string of the molecule is Clc1ccccc1N1CCN(C2CC3CCCN3C2)CC1. The van der Waals surface area contributed by atoms with Gasteiger partial charge in [0.2, 0.25) is 0 Å². The number of nitrogens with zero attached hydrogens (tertiary/aromatic N) is 3. The molecule has 3 aliphatic rings. The standard InChI is InChI=1S/C17H24ClN3/c18-16-5-1-2-6-17(16)20-10-8-19(9-11-20)15-12-14-4-3-7-21(14)13-15/h1-2,5-6,14-15H,3-4,7-13H2. The Balaban J connectivity index is 1.36. The minimum atomic E-state index is 0.795. The van der Waals surface area contributed by atoms with Gasteiger partial charge in [-0.2, -0.15) is 0 Å². The van der Waals surface area contributed by atoms with Gasteiger partial charge in [-0.3, -0.25) is 9.80 Å². The Morgan fingerprint density at radius 3 is 2.48 bits per heavy atom. The maximum Gasteiger partial charge on any atom is 0.0639 e. The quantitative estimate of drug-likeness (QED) is 0.832. The summed E-state index contributed by atoms with van der Waals surface area (Å²) in [5.74, 6) is 0. The monoisotopic (exact) mass is 305 g/mol. The van der Waals surface area contributed by atoms with E-state index in [4.69, 9.17) is 11.6 Å². The van der Waals surface area contributed by atoms with Gasteiger partial charge in [0.25, 0.3) is 0 Å². The van der Waals surface area contributed by atoms with Crippen LogP contribution in [0.3, 0.4) is 0 Å². The number of hydrogen-bond acceptors (Lipinski definition) is 3. The molecule has 114 valence electrons. The zero-order valence-corrected chi connectivity index (χ0v) is 13.3. The molecule has 0 radical (unpaired) electrons. The van der Waals surface area contributed by atoms with Gasteiger partial charge >= 0.3 is 0 Å². The van der Waals surface area contributed by atoms with Crippen molar-refractivity contribution in [3.05, 3.63) is 29.3 Å². The van der Waals surface area contributed by atoms with Crippen LogP contribution >= 0.6 is 11.6 Å². The summed E-state index contributed by atoms with van der Waals surface area (Å²) >= 11 is 6.32. The normalized spacial score (nSPS) is 30.8. The van der Waals surface area contributed by atoms with Crippen LogP contribution < -0.4 is 4.90 Å². The third-order valence-electron chi connectivity index (χ3n) is 5.51. The lowest BCUT2D eigenvalue weighted by Gasteiger charge is -2.39. The largest absolute Gasteiger partial charge is 0.368 e. The van der Waals surface area contributed by atoms with Crippen molar-refractivity contribution in [3.8, 4) is 0 Å². The summed E-state index contributed by atoms with van der Waals surface area (Å²) < 4.78 is 0. The second-order valence-corrected chi connectivity index (χ2v) is 7.06. The zero-order chi connectivity index (χ0) is 14.2. The van der Waals surface area contributed by atoms with Crippen molar-refractivity contribution in [2.45, 2.75) is 31.3 Å². The molecule has 1 aromatic rings. The lowest BCUT2D eigenvalue weighted by atomic mass is 10.1. The van der Waals surface area contributed by atoms with Crippen LogP contribution in [0, 0.1) is 0 Å². The average Bonchev–Trinajstić information content (AvgIpc) is 3.09. The van der Waals surface area contributed by atoms with Gasteiger partial charge in [-0.1, -0.05) is 23.7 Å². The second kappa shape index (κ2) is 5.79. The molecule has 3 aliphatic heterocycles. The van der Waals surface area contributed by atoms with Crippen molar-refractivity contribution in [1.29, 1.82) is 0 Å². The molecule has 21 heavy (non-hydrogen) atoms. The maximum atomic E-state index is 6.32. The lowest BCUT2D eigenvalue weighted by Crippen LogP contribution is -2.51. The topological polar surface area (TPSA) is 9.72 Å². The highest BCUT2D eigenvalue weighted by Crippen LogP contribution is 2.32. The van der Waals surface area contributed by atoms with E-state index in [9.17, 15) is 0 Å². The molecule has 4 heteroatoms. The summed E-state index contributed by atoms with van der Waals surface area (Å²) in [5.41, 5.74) is 1.20. The van der Waals surface area contributed by atoms with Crippen LogP contribution in [0.1, 0.15) is 19.3 Å². The molecule has 0 aliphatic carbocycles. The van der Waals surface area contributed by atoms with E-state index < -0.39 is 0 Å². The molecule has 4 rings (SSSR count). The highest BCUT2D eigenvalue weighted by atomic mass is 35.5. The number of halogens is 1. The van der Waals surface area contributed by atoms with Crippen LogP contribution in [0.2, 0.25) is 5.02 Å². The van der Waals surface area contributed by atoms with E-state index in [-0.39, 0.29) is 0 Å². The molecule has 0 N–H and O–H groups in total. The average molecular weight is 306 g/mol. The number of hydrogen-bond donors (Lipinski definition) is 0. The fourth-order valence-electron chi connectivity index (χ4n) is 4.36. The van der Waals surface area contributed by atoms with Gasteiger partial charge in [-0.25, -0.2) is 0 Å². The summed E-state index contributed by atoms with van der Waals surface area (Å²) in [7, 11) is 0. The van der Waals surface area contributed by atoms with E-state index in [1.807, 2.05) is 12.1 Å². The molecule has 2 atom stereocenters. The van der Waals surface area contributed by atoms with Gasteiger partial charge in [-0.15, -0.1) is 0 Å². The predicted octanol–water partition coefficient (Wildman–Crippen LogP) is 2.70. The first-order valence-electron chi connectivity index (χ1n) is 8.29. The molecule has 2 unspecified atom stereocenters.